The molecular weight excluding hydrogens is 446 g/mol. The van der Waals surface area contributed by atoms with Gasteiger partial charge in [0.25, 0.3) is 5.91 Å². The van der Waals surface area contributed by atoms with Crippen LogP contribution in [-0.2, 0) is 18.6 Å². The zero-order valence-electron chi connectivity index (χ0n) is 20.5. The van der Waals surface area contributed by atoms with Gasteiger partial charge in [0.05, 0.1) is 11.0 Å². The van der Waals surface area contributed by atoms with Gasteiger partial charge in [-0.3, -0.25) is 4.79 Å². The lowest BCUT2D eigenvalue weighted by atomic mass is 9.85. The Balaban J connectivity index is 1.61. The van der Waals surface area contributed by atoms with E-state index < -0.39 is 5.60 Å². The van der Waals surface area contributed by atoms with Crippen molar-refractivity contribution in [2.75, 3.05) is 5.32 Å². The summed E-state index contributed by atoms with van der Waals surface area (Å²) in [5.41, 5.74) is 4.00. The number of aromatic nitrogens is 2. The van der Waals surface area contributed by atoms with E-state index in [9.17, 15) is 9.90 Å². The van der Waals surface area contributed by atoms with Gasteiger partial charge in [-0.15, -0.1) is 0 Å². The second kappa shape index (κ2) is 9.80. The number of anilines is 1. The number of aliphatic hydroxyl groups is 1. The number of amides is 1. The molecule has 0 saturated heterocycles. The van der Waals surface area contributed by atoms with E-state index >= 15 is 0 Å². The number of hydrogen-bond acceptors (Lipinski definition) is 3. The Hall–Kier alpha value is -4.22. The van der Waals surface area contributed by atoms with Crippen molar-refractivity contribution in [3.8, 4) is 0 Å². The summed E-state index contributed by atoms with van der Waals surface area (Å²) in [5.74, 6) is 0.336. The minimum absolute atomic E-state index is 0.183. The van der Waals surface area contributed by atoms with E-state index in [1.807, 2.05) is 109 Å². The smallest absolute Gasteiger partial charge is 0.255 e. The van der Waals surface area contributed by atoms with Crippen LogP contribution in [0.3, 0.4) is 0 Å². The quantitative estimate of drug-likeness (QED) is 0.296. The van der Waals surface area contributed by atoms with Crippen molar-refractivity contribution in [2.24, 2.45) is 0 Å². The minimum atomic E-state index is -1.46. The van der Waals surface area contributed by atoms with E-state index in [0.717, 1.165) is 39.8 Å². The fraction of sp³-hybridized carbons (Fsp3) is 0.161. The van der Waals surface area contributed by atoms with Crippen molar-refractivity contribution < 1.29 is 9.90 Å². The zero-order valence-corrected chi connectivity index (χ0v) is 20.5. The molecule has 5 rings (SSSR count). The van der Waals surface area contributed by atoms with E-state index in [-0.39, 0.29) is 5.91 Å². The summed E-state index contributed by atoms with van der Waals surface area (Å²) in [4.78, 5) is 18.0. The van der Waals surface area contributed by atoms with Crippen LogP contribution in [0.2, 0.25) is 0 Å². The highest BCUT2D eigenvalue weighted by atomic mass is 16.3. The standard InChI is InChI=1S/C31H29N3O2/c1-3-22-12-11-17-26(20-22)32-29(35)23-18-19-27-28(21-23)34(4-2)30(33-27)31(36,24-13-7-5-8-14-24)25-15-9-6-10-16-25/h5-21,36H,3-4H2,1-2H3,(H,32,35). The minimum Gasteiger partial charge on any atom is -0.373 e. The van der Waals surface area contributed by atoms with Crippen molar-refractivity contribution in [3.63, 3.8) is 0 Å². The first-order chi connectivity index (χ1) is 17.5. The molecule has 0 saturated carbocycles. The highest BCUT2D eigenvalue weighted by Crippen LogP contribution is 2.37. The van der Waals surface area contributed by atoms with Crippen LogP contribution in [-0.4, -0.2) is 20.6 Å². The van der Waals surface area contributed by atoms with Crippen LogP contribution < -0.4 is 5.32 Å². The lowest BCUT2D eigenvalue weighted by Crippen LogP contribution is -2.32. The number of rotatable bonds is 7. The summed E-state index contributed by atoms with van der Waals surface area (Å²) in [6, 6.07) is 32.5. The van der Waals surface area contributed by atoms with E-state index in [4.69, 9.17) is 4.98 Å². The summed E-state index contributed by atoms with van der Waals surface area (Å²) in [6.07, 6.45) is 0.903. The molecule has 1 aromatic heterocycles. The van der Waals surface area contributed by atoms with Gasteiger partial charge in [-0.25, -0.2) is 4.98 Å². The third-order valence-electron chi connectivity index (χ3n) is 6.63. The molecule has 36 heavy (non-hydrogen) atoms. The molecular formula is C31H29N3O2. The maximum Gasteiger partial charge on any atom is 0.255 e. The van der Waals surface area contributed by atoms with Gasteiger partial charge in [0.15, 0.2) is 11.4 Å². The molecule has 1 amide bonds. The van der Waals surface area contributed by atoms with E-state index in [2.05, 4.69) is 12.2 Å². The Kier molecular flexibility index (Phi) is 6.40. The topological polar surface area (TPSA) is 67.2 Å². The van der Waals surface area contributed by atoms with Crippen molar-refractivity contribution >= 4 is 22.6 Å². The van der Waals surface area contributed by atoms with Crippen LogP contribution >= 0.6 is 0 Å². The molecule has 5 aromatic rings. The number of nitrogens with zero attached hydrogens (tertiary/aromatic N) is 2. The van der Waals surface area contributed by atoms with Gasteiger partial charge >= 0.3 is 0 Å². The molecule has 180 valence electrons. The zero-order chi connectivity index (χ0) is 25.1. The first-order valence-corrected chi connectivity index (χ1v) is 12.3. The van der Waals surface area contributed by atoms with Crippen molar-refractivity contribution in [1.82, 2.24) is 9.55 Å². The number of aryl methyl sites for hydroxylation is 2. The molecule has 0 atom stereocenters. The SMILES string of the molecule is CCc1cccc(NC(=O)c2ccc3nc(C(O)(c4ccccc4)c4ccccc4)n(CC)c3c2)c1. The third-order valence-corrected chi connectivity index (χ3v) is 6.63. The molecule has 0 radical (unpaired) electrons. The molecule has 0 aliphatic heterocycles. The van der Waals surface area contributed by atoms with Crippen molar-refractivity contribution in [3.05, 3.63) is 131 Å². The summed E-state index contributed by atoms with van der Waals surface area (Å²) in [7, 11) is 0. The van der Waals surface area contributed by atoms with E-state index in [1.165, 1.54) is 0 Å². The first kappa shape index (κ1) is 23.5. The Labute approximate surface area is 211 Å². The summed E-state index contributed by atoms with van der Waals surface area (Å²) in [5, 5.41) is 15.3. The second-order valence-electron chi connectivity index (χ2n) is 8.83. The Morgan fingerprint density at radius 2 is 1.53 bits per heavy atom. The first-order valence-electron chi connectivity index (χ1n) is 12.3. The number of benzene rings is 4. The van der Waals surface area contributed by atoms with Crippen LogP contribution in [0.25, 0.3) is 11.0 Å². The fourth-order valence-corrected chi connectivity index (χ4v) is 4.72. The average Bonchev–Trinajstić information content (AvgIpc) is 3.32. The molecule has 0 aliphatic carbocycles. The molecule has 1 heterocycles. The van der Waals surface area contributed by atoms with Crippen LogP contribution in [0.15, 0.2) is 103 Å². The van der Waals surface area contributed by atoms with E-state index in [1.54, 1.807) is 6.07 Å². The van der Waals surface area contributed by atoms with Crippen LogP contribution in [0, 0.1) is 0 Å². The third kappa shape index (κ3) is 4.18. The van der Waals surface area contributed by atoms with Crippen LogP contribution in [0.4, 0.5) is 5.69 Å². The highest BCUT2D eigenvalue weighted by molar-refractivity contribution is 6.06. The maximum atomic E-state index is 13.1. The number of fused-ring (bicyclic) bond motifs is 1. The lowest BCUT2D eigenvalue weighted by Gasteiger charge is -2.29. The maximum absolute atomic E-state index is 13.1. The number of imidazole rings is 1. The molecule has 0 unspecified atom stereocenters. The lowest BCUT2D eigenvalue weighted by molar-refractivity contribution is 0.102. The normalized spacial score (nSPS) is 11.5. The van der Waals surface area contributed by atoms with Crippen LogP contribution in [0.5, 0.6) is 0 Å². The highest BCUT2D eigenvalue weighted by Gasteiger charge is 2.38. The van der Waals surface area contributed by atoms with Crippen molar-refractivity contribution in [2.45, 2.75) is 32.4 Å². The fourth-order valence-electron chi connectivity index (χ4n) is 4.72. The average molecular weight is 476 g/mol. The van der Waals surface area contributed by atoms with Crippen molar-refractivity contribution in [1.29, 1.82) is 0 Å². The predicted molar refractivity (Wildman–Crippen MR) is 144 cm³/mol. The van der Waals surface area contributed by atoms with Gasteiger partial charge in [0.1, 0.15) is 0 Å². The number of nitrogens with one attached hydrogen (secondary N) is 1. The predicted octanol–water partition coefficient (Wildman–Crippen LogP) is 6.16. The molecule has 0 fully saturated rings. The molecule has 5 nitrogen and oxygen atoms in total. The van der Waals surface area contributed by atoms with Gasteiger partial charge in [0.2, 0.25) is 0 Å². The second-order valence-corrected chi connectivity index (χ2v) is 8.83. The molecule has 2 N–H and O–H groups in total. The van der Waals surface area contributed by atoms with Gasteiger partial charge in [-0.05, 0) is 60.4 Å². The number of carbonyl (C=O) groups is 1. The number of hydrogen-bond donors (Lipinski definition) is 2. The summed E-state index contributed by atoms with van der Waals surface area (Å²) >= 11 is 0. The molecule has 0 bridgehead atoms. The summed E-state index contributed by atoms with van der Waals surface area (Å²) < 4.78 is 1.99. The van der Waals surface area contributed by atoms with E-state index in [0.29, 0.717) is 17.9 Å². The Morgan fingerprint density at radius 3 is 2.14 bits per heavy atom. The Bertz CT molecular complexity index is 1470. The molecule has 5 heteroatoms. The van der Waals surface area contributed by atoms with Gasteiger partial charge in [-0.2, -0.15) is 0 Å². The summed E-state index contributed by atoms with van der Waals surface area (Å²) in [6.45, 7) is 4.69. The number of carbonyl (C=O) groups excluding carboxylic acids is 1. The van der Waals surface area contributed by atoms with Gasteiger partial charge in [-0.1, -0.05) is 79.7 Å². The largest absolute Gasteiger partial charge is 0.373 e. The van der Waals surface area contributed by atoms with Gasteiger partial charge < -0.3 is 15.0 Å². The monoisotopic (exact) mass is 475 g/mol. The molecule has 0 aliphatic rings. The molecule has 4 aromatic carbocycles. The molecule has 0 spiro atoms. The van der Waals surface area contributed by atoms with Gasteiger partial charge in [0, 0.05) is 17.8 Å². The Morgan fingerprint density at radius 1 is 0.861 bits per heavy atom. The van der Waals surface area contributed by atoms with Crippen LogP contribution in [0.1, 0.15) is 46.7 Å².